The van der Waals surface area contributed by atoms with E-state index >= 15 is 0 Å². The number of halogens is 1. The number of hydrogen-bond donors (Lipinski definition) is 0. The summed E-state index contributed by atoms with van der Waals surface area (Å²) < 4.78 is 2.13. The van der Waals surface area contributed by atoms with Gasteiger partial charge in [-0.2, -0.15) is 0 Å². The van der Waals surface area contributed by atoms with Crippen LogP contribution in [-0.4, -0.2) is 16.9 Å². The maximum atomic E-state index is 3.49. The quantitative estimate of drug-likeness (QED) is 0.634. The summed E-state index contributed by atoms with van der Waals surface area (Å²) in [6, 6.07) is 6.65. The van der Waals surface area contributed by atoms with Gasteiger partial charge in [0.05, 0.1) is 0 Å². The zero-order chi connectivity index (χ0) is 7.84. The minimum atomic E-state index is 0.909. The molecule has 1 aromatic rings. The molecule has 11 heavy (non-hydrogen) atoms. The van der Waals surface area contributed by atoms with Gasteiger partial charge in [-0.25, -0.2) is 0 Å². The van der Waals surface area contributed by atoms with E-state index < -0.39 is 0 Å². The Morgan fingerprint density at radius 3 is 2.82 bits per heavy atom. The molecule has 0 heterocycles. The van der Waals surface area contributed by atoms with Crippen LogP contribution in [-0.2, 0) is 12.8 Å². The molecule has 1 aliphatic rings. The summed E-state index contributed by atoms with van der Waals surface area (Å²) in [5.41, 5.74) is 3.11. The molecule has 0 N–H and O–H groups in total. The summed E-state index contributed by atoms with van der Waals surface area (Å²) in [4.78, 5) is 0. The molecule has 0 amide bonds. The van der Waals surface area contributed by atoms with Gasteiger partial charge in [-0.05, 0) is 0 Å². The van der Waals surface area contributed by atoms with Gasteiger partial charge in [-0.15, -0.1) is 0 Å². The van der Waals surface area contributed by atoms with E-state index in [9.17, 15) is 0 Å². The molecule has 1 unspecified atom stereocenters. The predicted octanol–water partition coefficient (Wildman–Crippen LogP) is 1.97. The molecule has 0 saturated carbocycles. The third-order valence-electron chi connectivity index (χ3n) is 2.13. The van der Waals surface area contributed by atoms with Crippen molar-refractivity contribution in [2.75, 3.05) is 0 Å². The normalized spacial score (nSPS) is 21.8. The van der Waals surface area contributed by atoms with Gasteiger partial charge in [0, 0.05) is 0 Å². The molecule has 2 atom stereocenters. The fraction of sp³-hybridized carbons (Fsp3) is 0.333. The number of rotatable bonds is 0. The second-order valence-corrected chi connectivity index (χ2v) is 5.98. The Hall–Kier alpha value is 0.258. The van der Waals surface area contributed by atoms with E-state index in [0.29, 0.717) is 0 Å². The molecular weight excluding hydrogens is 263 g/mol. The van der Waals surface area contributed by atoms with Crippen molar-refractivity contribution in [1.29, 1.82) is 0 Å². The predicted molar refractivity (Wildman–Crippen MR) is 53.8 cm³/mol. The molecule has 0 aromatic heterocycles. The van der Waals surface area contributed by atoms with Crippen LogP contribution in [0.25, 0.3) is 0 Å². The first-order valence-electron chi connectivity index (χ1n) is 3.78. The zero-order valence-corrected chi connectivity index (χ0v) is 10.2. The first-order valence-corrected chi connectivity index (χ1v) is 5.98. The van der Waals surface area contributed by atoms with Crippen molar-refractivity contribution >= 4 is 32.8 Å². The molecule has 0 fully saturated rings. The van der Waals surface area contributed by atoms with Gasteiger partial charge >= 0.3 is 84.1 Å². The third kappa shape index (κ3) is 1.55. The molecule has 2 rings (SSSR count). The molecule has 0 spiro atoms. The topological polar surface area (TPSA) is 0 Å². The molecule has 1 aliphatic carbocycles. The summed E-state index contributed by atoms with van der Waals surface area (Å²) >= 11 is 5.36. The van der Waals surface area contributed by atoms with Crippen molar-refractivity contribution < 1.29 is 0 Å². The Morgan fingerprint density at radius 2 is 2.00 bits per heavy atom. The van der Waals surface area contributed by atoms with E-state index in [2.05, 4.69) is 34.1 Å². The van der Waals surface area contributed by atoms with Crippen LogP contribution in [0.2, 0.25) is 4.71 Å². The molecule has 0 saturated heterocycles. The fourth-order valence-electron chi connectivity index (χ4n) is 1.62. The van der Waals surface area contributed by atoms with Crippen molar-refractivity contribution in [3.63, 3.8) is 0 Å². The van der Waals surface area contributed by atoms with E-state index in [-0.39, 0.29) is 0 Å². The SMILES string of the molecule is [AsH2][C@@H]1Cc2ccc(Br)cc2C1. The van der Waals surface area contributed by atoms with Gasteiger partial charge < -0.3 is 0 Å². The molecule has 2 heteroatoms. The van der Waals surface area contributed by atoms with Gasteiger partial charge in [0.1, 0.15) is 0 Å². The van der Waals surface area contributed by atoms with Gasteiger partial charge in [-0.3, -0.25) is 0 Å². The van der Waals surface area contributed by atoms with Crippen LogP contribution in [0.3, 0.4) is 0 Å². The van der Waals surface area contributed by atoms with Crippen molar-refractivity contribution in [2.45, 2.75) is 17.5 Å². The van der Waals surface area contributed by atoms with E-state index in [1.165, 1.54) is 17.3 Å². The summed E-state index contributed by atoms with van der Waals surface area (Å²) in [6.07, 6.45) is 2.58. The molecule has 0 radical (unpaired) electrons. The van der Waals surface area contributed by atoms with Crippen LogP contribution in [0.15, 0.2) is 22.7 Å². The average Bonchev–Trinajstić information content (AvgIpc) is 2.27. The zero-order valence-electron chi connectivity index (χ0n) is 6.18. The van der Waals surface area contributed by atoms with Crippen LogP contribution in [0, 0.1) is 0 Å². The molecule has 0 bridgehead atoms. The Kier molecular flexibility index (Phi) is 2.12. The van der Waals surface area contributed by atoms with Crippen LogP contribution in [0.1, 0.15) is 11.1 Å². The summed E-state index contributed by atoms with van der Waals surface area (Å²) in [7, 11) is 0. The summed E-state index contributed by atoms with van der Waals surface area (Å²) in [5.74, 6) is 0. The van der Waals surface area contributed by atoms with Crippen molar-refractivity contribution in [3.05, 3.63) is 33.8 Å². The summed E-state index contributed by atoms with van der Waals surface area (Å²) in [5, 5.41) is 0. The maximum absolute atomic E-state index is 3.49. The van der Waals surface area contributed by atoms with Crippen LogP contribution >= 0.6 is 15.9 Å². The Balaban J connectivity index is 2.43. The van der Waals surface area contributed by atoms with Crippen molar-refractivity contribution in [1.82, 2.24) is 0 Å². The standard InChI is InChI=1S/C9H10AsBr/c10-8-3-6-1-2-9(11)5-7(6)4-8/h1-2,5,8H,3-4,10H2/t8-/m1/s1. The van der Waals surface area contributed by atoms with Gasteiger partial charge in [0.15, 0.2) is 0 Å². The fourth-order valence-corrected chi connectivity index (χ4v) is 3.09. The van der Waals surface area contributed by atoms with Crippen molar-refractivity contribution in [3.8, 4) is 0 Å². The number of fused-ring (bicyclic) bond motifs is 1. The average molecular weight is 273 g/mol. The first-order chi connectivity index (χ1) is 5.25. The van der Waals surface area contributed by atoms with Crippen LogP contribution in [0.5, 0.6) is 0 Å². The second-order valence-electron chi connectivity index (χ2n) is 3.08. The van der Waals surface area contributed by atoms with Crippen molar-refractivity contribution in [2.24, 2.45) is 0 Å². The van der Waals surface area contributed by atoms with Crippen LogP contribution < -0.4 is 0 Å². The molecule has 58 valence electrons. The van der Waals surface area contributed by atoms with E-state index in [1.54, 1.807) is 11.1 Å². The monoisotopic (exact) mass is 272 g/mol. The summed E-state index contributed by atoms with van der Waals surface area (Å²) in [6.45, 7) is 0. The second kappa shape index (κ2) is 2.95. The molecule has 0 nitrogen and oxygen atoms in total. The Bertz CT molecular complexity index is 283. The van der Waals surface area contributed by atoms with Gasteiger partial charge in [-0.1, -0.05) is 0 Å². The Labute approximate surface area is 84.0 Å². The third-order valence-corrected chi connectivity index (χ3v) is 3.61. The number of benzene rings is 1. The van der Waals surface area contributed by atoms with E-state index in [1.807, 2.05) is 16.9 Å². The molecule has 1 aromatic carbocycles. The number of hydrogen-bond acceptors (Lipinski definition) is 0. The Morgan fingerprint density at radius 1 is 1.27 bits per heavy atom. The van der Waals surface area contributed by atoms with Gasteiger partial charge in [0.2, 0.25) is 0 Å². The molecular formula is C9H10AsBr. The van der Waals surface area contributed by atoms with E-state index in [4.69, 9.17) is 0 Å². The molecule has 0 aliphatic heterocycles. The van der Waals surface area contributed by atoms with Crippen LogP contribution in [0.4, 0.5) is 0 Å². The van der Waals surface area contributed by atoms with E-state index in [0.717, 1.165) is 4.71 Å². The van der Waals surface area contributed by atoms with Gasteiger partial charge in [0.25, 0.3) is 0 Å². The first kappa shape index (κ1) is 7.88. The minimum absolute atomic E-state index is 0.909.